The van der Waals surface area contributed by atoms with Gasteiger partial charge in [-0.3, -0.25) is 9.48 Å². The second-order valence-electron chi connectivity index (χ2n) is 9.34. The van der Waals surface area contributed by atoms with Crippen molar-refractivity contribution in [2.24, 2.45) is 0 Å². The SMILES string of the molecule is CC(C)(C)OC(=O)N1CCO[C@@H](c2cccc(Nc3cnn(CC(=O)Nc4cccc(F)c4)c3)n2)C1. The van der Waals surface area contributed by atoms with Gasteiger partial charge in [-0.05, 0) is 51.1 Å². The number of nitrogens with zero attached hydrogens (tertiary/aromatic N) is 4. The predicted octanol–water partition coefficient (Wildman–Crippen LogP) is 4.11. The van der Waals surface area contributed by atoms with Crippen molar-refractivity contribution < 1.29 is 23.5 Å². The third-order valence-electron chi connectivity index (χ3n) is 5.14. The quantitative estimate of drug-likeness (QED) is 0.528. The molecule has 3 aromatic rings. The van der Waals surface area contributed by atoms with Crippen molar-refractivity contribution in [1.82, 2.24) is 19.7 Å². The van der Waals surface area contributed by atoms with Crippen LogP contribution < -0.4 is 10.6 Å². The second-order valence-corrected chi connectivity index (χ2v) is 9.34. The minimum absolute atomic E-state index is 0.0396. The molecule has 3 heterocycles. The monoisotopic (exact) mass is 496 g/mol. The van der Waals surface area contributed by atoms with Crippen molar-refractivity contribution >= 4 is 29.2 Å². The molecule has 190 valence electrons. The number of benzene rings is 1. The molecule has 10 nitrogen and oxygen atoms in total. The minimum Gasteiger partial charge on any atom is -0.444 e. The van der Waals surface area contributed by atoms with E-state index in [1.807, 2.05) is 32.9 Å². The van der Waals surface area contributed by atoms with Crippen LogP contribution in [0.1, 0.15) is 32.6 Å². The van der Waals surface area contributed by atoms with Gasteiger partial charge in [-0.2, -0.15) is 5.10 Å². The van der Waals surface area contributed by atoms with Crippen LogP contribution in [-0.4, -0.2) is 57.0 Å². The van der Waals surface area contributed by atoms with Crippen molar-refractivity contribution in [3.63, 3.8) is 0 Å². The fourth-order valence-electron chi connectivity index (χ4n) is 3.60. The number of nitrogens with one attached hydrogen (secondary N) is 2. The third-order valence-corrected chi connectivity index (χ3v) is 5.14. The summed E-state index contributed by atoms with van der Waals surface area (Å²) >= 11 is 0. The average molecular weight is 497 g/mol. The summed E-state index contributed by atoms with van der Waals surface area (Å²) in [6.07, 6.45) is 2.48. The summed E-state index contributed by atoms with van der Waals surface area (Å²) in [6, 6.07) is 11.2. The Morgan fingerprint density at radius 1 is 1.19 bits per heavy atom. The standard InChI is InChI=1S/C25H29FN6O4/c1-25(2,3)36-24(34)31-10-11-35-21(15-31)20-8-5-9-22(30-20)28-19-13-27-32(14-19)16-23(33)29-18-7-4-6-17(26)12-18/h4-9,12-14,21H,10-11,15-16H2,1-3H3,(H,28,30)(H,29,33)/t21-/m1/s1. The first-order chi connectivity index (χ1) is 17.1. The van der Waals surface area contributed by atoms with E-state index in [4.69, 9.17) is 9.47 Å². The van der Waals surface area contributed by atoms with Crippen LogP contribution in [0.4, 0.5) is 26.4 Å². The van der Waals surface area contributed by atoms with Crippen LogP contribution in [0, 0.1) is 5.82 Å². The molecule has 0 radical (unpaired) electrons. The summed E-state index contributed by atoms with van der Waals surface area (Å²) < 4.78 is 26.1. The van der Waals surface area contributed by atoms with Crippen LogP contribution in [0.25, 0.3) is 0 Å². The van der Waals surface area contributed by atoms with Gasteiger partial charge in [0.05, 0.1) is 30.7 Å². The predicted molar refractivity (Wildman–Crippen MR) is 131 cm³/mol. The van der Waals surface area contributed by atoms with E-state index >= 15 is 0 Å². The van der Waals surface area contributed by atoms with Crippen LogP contribution >= 0.6 is 0 Å². The summed E-state index contributed by atoms with van der Waals surface area (Å²) in [5.41, 5.74) is 1.12. The van der Waals surface area contributed by atoms with Gasteiger partial charge in [0.15, 0.2) is 0 Å². The molecule has 2 aromatic heterocycles. The van der Waals surface area contributed by atoms with Gasteiger partial charge in [-0.25, -0.2) is 14.2 Å². The lowest BCUT2D eigenvalue weighted by molar-refractivity contribution is -0.116. The van der Waals surface area contributed by atoms with E-state index in [0.717, 1.165) is 0 Å². The summed E-state index contributed by atoms with van der Waals surface area (Å²) in [6.45, 7) is 6.63. The van der Waals surface area contributed by atoms with E-state index in [1.54, 1.807) is 29.4 Å². The van der Waals surface area contributed by atoms with Gasteiger partial charge in [0.2, 0.25) is 5.91 Å². The van der Waals surface area contributed by atoms with Gasteiger partial charge < -0.3 is 25.0 Å². The fourth-order valence-corrected chi connectivity index (χ4v) is 3.60. The zero-order chi connectivity index (χ0) is 25.7. The van der Waals surface area contributed by atoms with E-state index in [-0.39, 0.29) is 24.6 Å². The third kappa shape index (κ3) is 7.01. The van der Waals surface area contributed by atoms with Crippen molar-refractivity contribution in [3.8, 4) is 0 Å². The first-order valence-electron chi connectivity index (χ1n) is 11.6. The van der Waals surface area contributed by atoms with Gasteiger partial charge in [0.25, 0.3) is 0 Å². The van der Waals surface area contributed by atoms with Gasteiger partial charge in [-0.15, -0.1) is 0 Å². The van der Waals surface area contributed by atoms with Crippen molar-refractivity contribution in [1.29, 1.82) is 0 Å². The number of carbonyl (C=O) groups is 2. The number of pyridine rings is 1. The molecule has 2 amide bonds. The summed E-state index contributed by atoms with van der Waals surface area (Å²) in [5.74, 6) is -0.196. The number of hydrogen-bond donors (Lipinski definition) is 2. The maximum Gasteiger partial charge on any atom is 0.410 e. The highest BCUT2D eigenvalue weighted by atomic mass is 19.1. The molecule has 11 heteroatoms. The Balaban J connectivity index is 1.35. The molecule has 36 heavy (non-hydrogen) atoms. The maximum atomic E-state index is 13.3. The van der Waals surface area contributed by atoms with E-state index in [2.05, 4.69) is 20.7 Å². The lowest BCUT2D eigenvalue weighted by atomic mass is 10.2. The summed E-state index contributed by atoms with van der Waals surface area (Å²) in [5, 5.41) is 9.99. The molecule has 1 fully saturated rings. The number of halogens is 1. The number of carbonyl (C=O) groups excluding carboxylic acids is 2. The van der Waals surface area contributed by atoms with Crippen molar-refractivity contribution in [2.45, 2.75) is 39.0 Å². The van der Waals surface area contributed by atoms with Crippen LogP contribution in [-0.2, 0) is 20.8 Å². The second kappa shape index (κ2) is 10.7. The Morgan fingerprint density at radius 3 is 2.78 bits per heavy atom. The lowest BCUT2D eigenvalue weighted by Gasteiger charge is -2.34. The smallest absolute Gasteiger partial charge is 0.410 e. The molecule has 1 saturated heterocycles. The molecule has 0 bridgehead atoms. The number of rotatable bonds is 6. The molecule has 0 spiro atoms. The molecule has 4 rings (SSSR count). The fraction of sp³-hybridized carbons (Fsp3) is 0.360. The minimum atomic E-state index is -0.572. The van der Waals surface area contributed by atoms with Crippen LogP contribution in [0.2, 0.25) is 0 Å². The summed E-state index contributed by atoms with van der Waals surface area (Å²) in [4.78, 5) is 31.0. The highest BCUT2D eigenvalue weighted by Crippen LogP contribution is 2.24. The van der Waals surface area contributed by atoms with E-state index in [1.165, 1.54) is 22.9 Å². The summed E-state index contributed by atoms with van der Waals surface area (Å²) in [7, 11) is 0. The van der Waals surface area contributed by atoms with E-state index < -0.39 is 11.4 Å². The van der Waals surface area contributed by atoms with E-state index in [9.17, 15) is 14.0 Å². The van der Waals surface area contributed by atoms with Crippen LogP contribution in [0.5, 0.6) is 0 Å². The average Bonchev–Trinajstić information content (AvgIpc) is 3.24. The topological polar surface area (TPSA) is 111 Å². The highest BCUT2D eigenvalue weighted by Gasteiger charge is 2.29. The zero-order valence-electron chi connectivity index (χ0n) is 20.4. The number of aromatic nitrogens is 3. The first-order valence-corrected chi connectivity index (χ1v) is 11.6. The number of hydrogen-bond acceptors (Lipinski definition) is 7. The molecule has 2 N–H and O–H groups in total. The Hall–Kier alpha value is -3.99. The Kier molecular flexibility index (Phi) is 7.49. The molecule has 1 aliphatic rings. The first kappa shape index (κ1) is 25.1. The Morgan fingerprint density at radius 2 is 2.00 bits per heavy atom. The number of ether oxygens (including phenoxy) is 2. The van der Waals surface area contributed by atoms with Gasteiger partial charge >= 0.3 is 6.09 Å². The molecular weight excluding hydrogens is 467 g/mol. The van der Waals surface area contributed by atoms with Crippen molar-refractivity contribution in [3.05, 3.63) is 66.4 Å². The molecule has 1 aromatic carbocycles. The Labute approximate surface area is 208 Å². The molecular formula is C25H29FN6O4. The largest absolute Gasteiger partial charge is 0.444 e. The molecule has 0 aliphatic carbocycles. The van der Waals surface area contributed by atoms with Gasteiger partial charge in [-0.1, -0.05) is 12.1 Å². The molecule has 1 aliphatic heterocycles. The van der Waals surface area contributed by atoms with E-state index in [0.29, 0.717) is 42.6 Å². The lowest BCUT2D eigenvalue weighted by Crippen LogP contribution is -2.44. The van der Waals surface area contributed by atoms with Crippen LogP contribution in [0.15, 0.2) is 54.9 Å². The number of anilines is 3. The normalized spacial score (nSPS) is 15.9. The number of amides is 2. The van der Waals surface area contributed by atoms with Gasteiger partial charge in [0, 0.05) is 18.4 Å². The molecule has 0 unspecified atom stereocenters. The maximum absolute atomic E-state index is 13.3. The Bertz CT molecular complexity index is 1230. The van der Waals surface area contributed by atoms with Crippen LogP contribution in [0.3, 0.4) is 0 Å². The van der Waals surface area contributed by atoms with Gasteiger partial charge in [0.1, 0.15) is 29.9 Å². The number of morpholine rings is 1. The zero-order valence-corrected chi connectivity index (χ0v) is 20.4. The molecule has 1 atom stereocenters. The molecule has 0 saturated carbocycles. The van der Waals surface area contributed by atoms with Crippen molar-refractivity contribution in [2.75, 3.05) is 30.3 Å². The highest BCUT2D eigenvalue weighted by molar-refractivity contribution is 5.90.